The molecule has 15 fully saturated rings. The molecule has 0 spiro atoms. The summed E-state index contributed by atoms with van der Waals surface area (Å²) >= 11 is 0. The molecular weight excluding hydrogens is 1540 g/mol. The Kier molecular flexibility index (Phi) is 23.5. The molecule has 5 saturated heterocycles. The fraction of sp³-hybridized carbons (Fsp3) is 0.600. The molecule has 25 atom stereocenters. The lowest BCUT2D eigenvalue weighted by atomic mass is 9.73. The van der Waals surface area contributed by atoms with Crippen molar-refractivity contribution in [1.29, 1.82) is 0 Å². The molecule has 0 aromatic carbocycles. The van der Waals surface area contributed by atoms with Gasteiger partial charge in [0, 0.05) is 84.1 Å². The molecule has 15 rings (SSSR count). The topological polar surface area (TPSA) is 581 Å². The molecule has 15 aliphatic rings. The van der Waals surface area contributed by atoms with Crippen LogP contribution in [0.25, 0.3) is 0 Å². The van der Waals surface area contributed by atoms with Crippen molar-refractivity contribution in [3.63, 3.8) is 0 Å². The van der Waals surface area contributed by atoms with Gasteiger partial charge in [0.15, 0.2) is 43.4 Å². The molecule has 5 N–H and O–H groups in total. The third-order valence-corrected chi connectivity index (χ3v) is 24.2. The predicted octanol–water partition coefficient (Wildman–Crippen LogP) is 0.679. The third-order valence-electron chi connectivity index (χ3n) is 24.2. The number of hydrogen-bond donors (Lipinski definition) is 5. The summed E-state index contributed by atoms with van der Waals surface area (Å²) in [6, 6.07) is 0. The van der Waals surface area contributed by atoms with Crippen LogP contribution in [0.2, 0.25) is 0 Å². The van der Waals surface area contributed by atoms with Gasteiger partial charge in [-0.2, -0.15) is 0 Å². The average Bonchev–Trinajstić information content (AvgIpc) is 1.53. The summed E-state index contributed by atoms with van der Waals surface area (Å²) in [5, 5.41) is 47.1. The standard InChI is InChI=1S/C17H20O8.2C15H16O8.2C14H14O8/c1-2-12(18)23-6-4-3-5-13(19)24-17-9-10-7-11(17)16(8-10,14(20)21)15(22)25-17;1-7(2)11(17)21-6-10(16)22-15-5-8-3-9(15)14(4-8,12(18)19)13(20)23-15;1-5(2)14(19)21-4-8(16)22-11-6-3-7-10(9(6)13(17)18)15(20)23-12(7)11;1-2-9(15)20-5-10(16)21-11-6-3-7-8(4-6)14(11,13(18)19)22-12(7)17;1-2-7(15)20-4-8(16)21-11-5-3-6-10(9(5)13(17)18)14(19)22-12(6)11/h2,10-11H,1,3-9H2,(H,20,21);8-9H,1,3-6H2,2H3,(H,18,19);6-7,9-12H,1,3-4H2,2H3,(H,17,18);2,6-8,11H,1,3-5H2,(H,18,19);2,5-6,9-12H,1,3-4H2,(H,17,18). The minimum atomic E-state index is -1.80. The Labute approximate surface area is 649 Å². The zero-order valence-corrected chi connectivity index (χ0v) is 61.6. The predicted molar refractivity (Wildman–Crippen MR) is 358 cm³/mol. The molecule has 620 valence electrons. The van der Waals surface area contributed by atoms with E-state index in [1.54, 1.807) is 0 Å². The van der Waals surface area contributed by atoms with Gasteiger partial charge in [-0.25, -0.2) is 47.9 Å². The lowest BCUT2D eigenvalue weighted by molar-refractivity contribution is -0.226. The van der Waals surface area contributed by atoms with E-state index in [1.807, 2.05) is 0 Å². The van der Waals surface area contributed by atoms with Gasteiger partial charge in [-0.05, 0) is 89.9 Å². The van der Waals surface area contributed by atoms with Crippen molar-refractivity contribution < 1.29 is 192 Å². The number of hydrogen-bond acceptors (Lipinski definition) is 35. The van der Waals surface area contributed by atoms with Crippen LogP contribution in [0.15, 0.2) is 62.3 Å². The molecule has 5 heterocycles. The Morgan fingerprint density at radius 2 is 0.878 bits per heavy atom. The number of esters is 15. The fourth-order valence-corrected chi connectivity index (χ4v) is 20.0. The molecule has 10 bridgehead atoms. The first-order chi connectivity index (χ1) is 54.2. The van der Waals surface area contributed by atoms with E-state index >= 15 is 0 Å². The van der Waals surface area contributed by atoms with Crippen LogP contribution in [0.3, 0.4) is 0 Å². The van der Waals surface area contributed by atoms with Crippen LogP contribution in [0.4, 0.5) is 0 Å². The highest BCUT2D eigenvalue weighted by molar-refractivity contribution is 6.04. The lowest BCUT2D eigenvalue weighted by Crippen LogP contribution is -2.54. The molecule has 0 aromatic heterocycles. The van der Waals surface area contributed by atoms with Crippen LogP contribution >= 0.6 is 0 Å². The Hall–Kier alpha value is -11.9. The van der Waals surface area contributed by atoms with Crippen molar-refractivity contribution in [2.45, 2.75) is 145 Å². The van der Waals surface area contributed by atoms with E-state index in [-0.39, 0.29) is 73.0 Å². The number of unbranched alkanes of at least 4 members (excludes halogenated alkanes) is 1. The highest BCUT2D eigenvalue weighted by Crippen LogP contribution is 2.69. The summed E-state index contributed by atoms with van der Waals surface area (Å²) in [5.41, 5.74) is -4.72. The van der Waals surface area contributed by atoms with Gasteiger partial charge in [0.2, 0.25) is 5.60 Å². The van der Waals surface area contributed by atoms with Gasteiger partial charge in [-0.3, -0.25) is 47.9 Å². The summed E-state index contributed by atoms with van der Waals surface area (Å²) in [5.74, 6) is -26.6. The molecule has 0 amide bonds. The van der Waals surface area contributed by atoms with E-state index < -0.39 is 264 Å². The maximum Gasteiger partial charge on any atom is 0.352 e. The maximum atomic E-state index is 12.2. The van der Waals surface area contributed by atoms with Crippen LogP contribution in [-0.4, -0.2) is 226 Å². The molecule has 10 aliphatic carbocycles. The highest BCUT2D eigenvalue weighted by atomic mass is 16.8. The number of aliphatic carboxylic acids is 5. The van der Waals surface area contributed by atoms with Crippen molar-refractivity contribution in [2.75, 3.05) is 33.0 Å². The molecule has 40 heteroatoms. The SMILES string of the molecule is C=C(C)C(=O)OCC(=O)OC12CC3CC1C(C(=O)O)(C3)C(=O)O2.C=C(C)C(=O)OCC(=O)OC1C2CC3C1OC(=O)C3C2C(=O)O.C=CC(=O)OCC(=O)OC1C2CC3C(=O)OC1(C(=O)O)C3C2.C=CC(=O)OCC(=O)OC1C2CC3C1OC(=O)C3C2C(=O)O.C=CC(=O)OCCCCC(=O)OC12CC3CC1C(C(=O)O)(C3)C(=O)O2. The summed E-state index contributed by atoms with van der Waals surface area (Å²) in [4.78, 5) is 232. The number of ether oxygens (including phenoxy) is 15. The molecule has 5 aliphatic heterocycles. The first kappa shape index (κ1) is 84.0. The molecule has 115 heavy (non-hydrogen) atoms. The van der Waals surface area contributed by atoms with Crippen molar-refractivity contribution in [3.8, 4) is 0 Å². The quantitative estimate of drug-likeness (QED) is 0.0236. The Morgan fingerprint density at radius 1 is 0.461 bits per heavy atom. The van der Waals surface area contributed by atoms with E-state index in [2.05, 4.69) is 47.1 Å². The number of fused-ring (bicyclic) bond motifs is 5. The Bertz CT molecular complexity index is 4260. The second-order valence-electron chi connectivity index (χ2n) is 30.7. The normalized spacial score (nSPS) is 36.5. The summed E-state index contributed by atoms with van der Waals surface area (Å²) in [6.07, 6.45) is 3.92. The Balaban J connectivity index is 0.000000142. The third kappa shape index (κ3) is 15.0. The van der Waals surface area contributed by atoms with E-state index in [4.69, 9.17) is 56.8 Å². The van der Waals surface area contributed by atoms with Crippen LogP contribution in [-0.2, 0) is 167 Å². The summed E-state index contributed by atoms with van der Waals surface area (Å²) in [6.45, 7) is 17.0. The number of carboxylic acid groups (broad SMARTS) is 5. The fourth-order valence-electron chi connectivity index (χ4n) is 20.0. The smallest absolute Gasteiger partial charge is 0.352 e. The van der Waals surface area contributed by atoms with E-state index in [9.17, 15) is 121 Å². The summed E-state index contributed by atoms with van der Waals surface area (Å²) < 4.78 is 75.6. The van der Waals surface area contributed by atoms with Gasteiger partial charge >= 0.3 is 119 Å². The zero-order valence-electron chi connectivity index (χ0n) is 61.6. The van der Waals surface area contributed by atoms with E-state index in [0.717, 1.165) is 18.2 Å². The molecule has 0 radical (unpaired) electrons. The lowest BCUT2D eigenvalue weighted by Gasteiger charge is -2.33. The minimum Gasteiger partial charge on any atom is -0.481 e. The van der Waals surface area contributed by atoms with Crippen molar-refractivity contribution >= 4 is 119 Å². The number of rotatable bonds is 28. The van der Waals surface area contributed by atoms with Gasteiger partial charge in [-0.15, -0.1) is 0 Å². The van der Waals surface area contributed by atoms with Gasteiger partial charge < -0.3 is 96.6 Å². The van der Waals surface area contributed by atoms with Crippen LogP contribution < -0.4 is 0 Å². The van der Waals surface area contributed by atoms with E-state index in [1.165, 1.54) is 13.8 Å². The van der Waals surface area contributed by atoms with Gasteiger partial charge in [0.05, 0.1) is 48.0 Å². The molecular formula is C75H80O40. The monoisotopic (exact) mass is 1620 g/mol. The van der Waals surface area contributed by atoms with Gasteiger partial charge in [-0.1, -0.05) is 32.9 Å². The number of carbonyl (C=O) groups excluding carboxylic acids is 15. The second kappa shape index (κ2) is 32.2. The van der Waals surface area contributed by atoms with Crippen LogP contribution in [0.1, 0.15) is 97.3 Å². The zero-order chi connectivity index (χ0) is 84.2. The molecule has 0 aromatic rings. The molecule has 40 nitrogen and oxygen atoms in total. The second-order valence-corrected chi connectivity index (χ2v) is 30.7. The first-order valence-corrected chi connectivity index (χ1v) is 36.5. The van der Waals surface area contributed by atoms with Crippen molar-refractivity contribution in [2.24, 2.45) is 99.6 Å². The average molecular weight is 1620 g/mol. The summed E-state index contributed by atoms with van der Waals surface area (Å²) in [7, 11) is 0. The van der Waals surface area contributed by atoms with Crippen LogP contribution in [0.5, 0.6) is 0 Å². The number of carboxylic acids is 5. The first-order valence-electron chi connectivity index (χ1n) is 36.5. The van der Waals surface area contributed by atoms with E-state index in [0.29, 0.717) is 57.8 Å². The van der Waals surface area contributed by atoms with Gasteiger partial charge in [0.1, 0.15) is 24.4 Å². The number of carbonyl (C=O) groups is 20. The van der Waals surface area contributed by atoms with Gasteiger partial charge in [0.25, 0.3) is 11.6 Å². The highest BCUT2D eigenvalue weighted by Gasteiger charge is 2.81. The maximum absolute atomic E-state index is 12.2. The molecule has 25 unspecified atom stereocenters. The largest absolute Gasteiger partial charge is 0.481 e. The van der Waals surface area contributed by atoms with Crippen molar-refractivity contribution in [1.82, 2.24) is 0 Å². The van der Waals surface area contributed by atoms with Crippen LogP contribution in [0, 0.1) is 99.6 Å². The van der Waals surface area contributed by atoms with Crippen molar-refractivity contribution in [3.05, 3.63) is 62.3 Å². The Morgan fingerprint density at radius 3 is 1.29 bits per heavy atom. The molecule has 10 saturated carbocycles. The minimum absolute atomic E-state index is 0.0127.